The fourth-order valence-corrected chi connectivity index (χ4v) is 3.82. The quantitative estimate of drug-likeness (QED) is 0.443. The minimum atomic E-state index is -1.16. The second-order valence-corrected chi connectivity index (χ2v) is 8.82. The normalized spacial score (nSPS) is 20.3. The first-order valence-electron chi connectivity index (χ1n) is 12.2. The van der Waals surface area contributed by atoms with Gasteiger partial charge < -0.3 is 30.7 Å². The minimum absolute atomic E-state index is 0.0213. The lowest BCUT2D eigenvalue weighted by atomic mass is 10.1. The van der Waals surface area contributed by atoms with E-state index in [0.717, 1.165) is 5.69 Å². The lowest BCUT2D eigenvalue weighted by Gasteiger charge is -2.26. The number of fused-ring (bicyclic) bond motifs is 1. The highest BCUT2D eigenvalue weighted by Gasteiger charge is 2.30. The maximum atomic E-state index is 13.1. The van der Waals surface area contributed by atoms with Gasteiger partial charge in [0.15, 0.2) is 0 Å². The number of ether oxygens (including phenoxy) is 1. The van der Waals surface area contributed by atoms with Gasteiger partial charge in [0.25, 0.3) is 5.91 Å². The average Bonchev–Trinajstić information content (AvgIpc) is 2.89. The first kappa shape index (κ1) is 27.6. The summed E-state index contributed by atoms with van der Waals surface area (Å²) in [6, 6.07) is 9.90. The first-order valence-corrected chi connectivity index (χ1v) is 12.2. The summed E-state index contributed by atoms with van der Waals surface area (Å²) in [4.78, 5) is 57.2. The van der Waals surface area contributed by atoms with Gasteiger partial charge in [0.2, 0.25) is 17.7 Å². The van der Waals surface area contributed by atoms with Crippen molar-refractivity contribution >= 4 is 23.6 Å². The van der Waals surface area contributed by atoms with Crippen LogP contribution in [0.3, 0.4) is 0 Å². The van der Waals surface area contributed by atoms with Crippen LogP contribution in [0.4, 0.5) is 0 Å². The van der Waals surface area contributed by atoms with Crippen molar-refractivity contribution in [2.45, 2.75) is 44.4 Å². The molecule has 0 saturated heterocycles. The number of carbonyl (C=O) groups is 4. The molecule has 2 heterocycles. The number of nitrogens with one attached hydrogen (secondary N) is 3. The smallest absolute Gasteiger partial charge is 0.255 e. The van der Waals surface area contributed by atoms with Gasteiger partial charge in [-0.2, -0.15) is 0 Å². The molecule has 1 aliphatic heterocycles. The third-order valence-corrected chi connectivity index (χ3v) is 5.95. The van der Waals surface area contributed by atoms with Crippen molar-refractivity contribution in [1.82, 2.24) is 25.8 Å². The Morgan fingerprint density at radius 2 is 1.95 bits per heavy atom. The second-order valence-electron chi connectivity index (χ2n) is 8.82. The Balaban J connectivity index is 1.79. The van der Waals surface area contributed by atoms with Crippen LogP contribution in [0.1, 0.15) is 35.8 Å². The molecule has 1 aliphatic rings. The molecule has 11 heteroatoms. The largest absolute Gasteiger partial charge is 0.491 e. The lowest BCUT2D eigenvalue weighted by Crippen LogP contribution is -2.53. The molecule has 0 fully saturated rings. The van der Waals surface area contributed by atoms with Gasteiger partial charge in [-0.3, -0.25) is 24.2 Å². The van der Waals surface area contributed by atoms with Crippen LogP contribution in [0.2, 0.25) is 0 Å². The molecule has 11 nitrogen and oxygen atoms in total. The molecule has 1 aromatic carbocycles. The fraction of sp³-hybridized carbons (Fsp3) is 0.423. The summed E-state index contributed by atoms with van der Waals surface area (Å²) >= 11 is 0. The highest BCUT2D eigenvalue weighted by molar-refractivity contribution is 5.99. The zero-order chi connectivity index (χ0) is 26.8. The van der Waals surface area contributed by atoms with Gasteiger partial charge in [0.1, 0.15) is 24.4 Å². The third kappa shape index (κ3) is 8.01. The van der Waals surface area contributed by atoms with E-state index in [0.29, 0.717) is 18.7 Å². The summed E-state index contributed by atoms with van der Waals surface area (Å²) in [5.41, 5.74) is 1.03. The number of carbonyl (C=O) groups excluding carboxylic acids is 4. The van der Waals surface area contributed by atoms with Crippen LogP contribution in [0.25, 0.3) is 0 Å². The Morgan fingerprint density at radius 3 is 2.68 bits per heavy atom. The van der Waals surface area contributed by atoms with Crippen molar-refractivity contribution in [3.8, 4) is 5.75 Å². The Kier molecular flexibility index (Phi) is 9.96. The first-order chi connectivity index (χ1) is 17.8. The maximum Gasteiger partial charge on any atom is 0.255 e. The summed E-state index contributed by atoms with van der Waals surface area (Å²) in [7, 11) is 1.54. The molecule has 3 rings (SSSR count). The number of aliphatic hydroxyl groups is 1. The monoisotopic (exact) mass is 511 g/mol. The van der Waals surface area contributed by atoms with E-state index < -0.39 is 41.8 Å². The molecule has 2 aromatic rings. The van der Waals surface area contributed by atoms with Crippen molar-refractivity contribution in [1.29, 1.82) is 0 Å². The number of aromatic nitrogens is 1. The van der Waals surface area contributed by atoms with Gasteiger partial charge in [-0.1, -0.05) is 18.2 Å². The lowest BCUT2D eigenvalue weighted by molar-refractivity contribution is -0.138. The average molecular weight is 512 g/mol. The minimum Gasteiger partial charge on any atom is -0.491 e. The second kappa shape index (κ2) is 13.4. The predicted molar refractivity (Wildman–Crippen MR) is 135 cm³/mol. The Labute approximate surface area is 215 Å². The van der Waals surface area contributed by atoms with Crippen molar-refractivity contribution < 1.29 is 29.0 Å². The highest BCUT2D eigenvalue weighted by atomic mass is 16.5. The predicted octanol–water partition coefficient (Wildman–Crippen LogP) is 0.0355. The number of aliphatic hydroxyl groups excluding tert-OH is 1. The molecule has 1 aromatic heterocycles. The van der Waals surface area contributed by atoms with Gasteiger partial charge in [-0.15, -0.1) is 0 Å². The number of amides is 4. The summed E-state index contributed by atoms with van der Waals surface area (Å²) in [6.45, 7) is 1.94. The topological polar surface area (TPSA) is 150 Å². The van der Waals surface area contributed by atoms with E-state index in [1.807, 2.05) is 12.1 Å². The number of likely N-dealkylation sites (N-methyl/N-ethyl adjacent to an activating group) is 1. The van der Waals surface area contributed by atoms with E-state index in [-0.39, 0.29) is 31.6 Å². The molecule has 0 saturated carbocycles. The summed E-state index contributed by atoms with van der Waals surface area (Å²) < 4.78 is 5.77. The number of hydrogen-bond donors (Lipinski definition) is 4. The number of pyridine rings is 1. The SMILES string of the molecule is C[C@@H](O)[C@@H]1NC(=O)CC[C@@H](C(=O)NCCc2ccccn2)NC(=O)c2ccccc2OCCN(C)C1=O. The molecule has 4 N–H and O–H groups in total. The van der Waals surface area contributed by atoms with Crippen LogP contribution in [0.15, 0.2) is 48.7 Å². The van der Waals surface area contributed by atoms with E-state index in [4.69, 9.17) is 4.74 Å². The standard InChI is InChI=1S/C26H33N5O6/c1-17(32)23-26(36)31(2)15-16-37-21-9-4-3-8-19(21)24(34)29-20(10-11-22(33)30-23)25(35)28-14-12-18-7-5-6-13-27-18/h3-9,13,17,20,23,32H,10-12,14-16H2,1-2H3,(H,28,35)(H,29,34)(H,30,33)/t17-,20+,23+/m1/s1. The number of benzene rings is 1. The van der Waals surface area contributed by atoms with E-state index in [1.54, 1.807) is 36.5 Å². The number of rotatable bonds is 5. The van der Waals surface area contributed by atoms with E-state index in [1.165, 1.54) is 18.9 Å². The van der Waals surface area contributed by atoms with E-state index >= 15 is 0 Å². The van der Waals surface area contributed by atoms with Gasteiger partial charge in [0, 0.05) is 38.3 Å². The third-order valence-electron chi connectivity index (χ3n) is 5.95. The molecule has 198 valence electrons. The van der Waals surface area contributed by atoms with Gasteiger partial charge >= 0.3 is 0 Å². The maximum absolute atomic E-state index is 13.1. The van der Waals surface area contributed by atoms with Crippen LogP contribution in [0, 0.1) is 0 Å². The molecule has 0 bridgehead atoms. The molecule has 37 heavy (non-hydrogen) atoms. The summed E-state index contributed by atoms with van der Waals surface area (Å²) in [5, 5.41) is 18.2. The molecule has 0 radical (unpaired) electrons. The van der Waals surface area contributed by atoms with Crippen molar-refractivity contribution in [3.05, 3.63) is 59.9 Å². The fourth-order valence-electron chi connectivity index (χ4n) is 3.82. The van der Waals surface area contributed by atoms with Crippen LogP contribution >= 0.6 is 0 Å². The number of nitrogens with zero attached hydrogens (tertiary/aromatic N) is 2. The summed E-state index contributed by atoms with van der Waals surface area (Å²) in [5.74, 6) is -1.69. The summed E-state index contributed by atoms with van der Waals surface area (Å²) in [6.07, 6.45) is 0.847. The van der Waals surface area contributed by atoms with Crippen LogP contribution < -0.4 is 20.7 Å². The Hall–Kier alpha value is -3.99. The zero-order valence-electron chi connectivity index (χ0n) is 21.0. The Bertz CT molecular complexity index is 1090. The van der Waals surface area contributed by atoms with E-state index in [9.17, 15) is 24.3 Å². The van der Waals surface area contributed by atoms with Gasteiger partial charge in [-0.05, 0) is 37.6 Å². The molecule has 4 amide bonds. The number of hydrogen-bond acceptors (Lipinski definition) is 7. The highest BCUT2D eigenvalue weighted by Crippen LogP contribution is 2.18. The molecule has 0 unspecified atom stereocenters. The van der Waals surface area contributed by atoms with Crippen molar-refractivity contribution in [2.24, 2.45) is 0 Å². The van der Waals surface area contributed by atoms with Crippen LogP contribution in [-0.4, -0.2) is 83.6 Å². The van der Waals surface area contributed by atoms with Crippen molar-refractivity contribution in [3.63, 3.8) is 0 Å². The van der Waals surface area contributed by atoms with Gasteiger partial charge in [-0.25, -0.2) is 0 Å². The molecular formula is C26H33N5O6. The van der Waals surface area contributed by atoms with Crippen LogP contribution in [0.5, 0.6) is 5.75 Å². The van der Waals surface area contributed by atoms with Crippen molar-refractivity contribution in [2.75, 3.05) is 26.7 Å². The number of para-hydroxylation sites is 1. The molecule has 0 aliphatic carbocycles. The molecular weight excluding hydrogens is 478 g/mol. The zero-order valence-corrected chi connectivity index (χ0v) is 21.0. The molecule has 3 atom stereocenters. The van der Waals surface area contributed by atoms with E-state index in [2.05, 4.69) is 20.9 Å². The molecule has 0 spiro atoms. The van der Waals surface area contributed by atoms with Crippen LogP contribution in [-0.2, 0) is 20.8 Å². The van der Waals surface area contributed by atoms with Gasteiger partial charge in [0.05, 0.1) is 18.2 Å². The Morgan fingerprint density at radius 1 is 1.19 bits per heavy atom.